The Morgan fingerprint density at radius 3 is 2.50 bits per heavy atom. The molecule has 108 valence electrons. The number of hydrogen-bond donors (Lipinski definition) is 2. The van der Waals surface area contributed by atoms with Crippen LogP contribution in [0.1, 0.15) is 46.5 Å². The van der Waals surface area contributed by atoms with Crippen molar-refractivity contribution >= 4 is 0 Å². The van der Waals surface area contributed by atoms with Crippen LogP contribution in [0.3, 0.4) is 0 Å². The van der Waals surface area contributed by atoms with Gasteiger partial charge in [0.2, 0.25) is 0 Å². The fourth-order valence-electron chi connectivity index (χ4n) is 2.32. The molecule has 0 saturated heterocycles. The van der Waals surface area contributed by atoms with E-state index in [1.807, 2.05) is 13.8 Å². The Hall–Kier alpha value is -0.160. The summed E-state index contributed by atoms with van der Waals surface area (Å²) in [6.07, 6.45) is 4.82. The molecule has 0 aromatic heterocycles. The van der Waals surface area contributed by atoms with Gasteiger partial charge in [0.15, 0.2) is 0 Å². The molecule has 0 aromatic rings. The van der Waals surface area contributed by atoms with E-state index in [4.69, 9.17) is 9.47 Å². The van der Waals surface area contributed by atoms with Crippen LogP contribution in [0.4, 0.5) is 0 Å². The normalized spacial score (nSPS) is 20.5. The molecule has 4 heteroatoms. The van der Waals surface area contributed by atoms with E-state index in [1.54, 1.807) is 0 Å². The molecule has 0 amide bonds. The monoisotopic (exact) mass is 259 g/mol. The van der Waals surface area contributed by atoms with Crippen molar-refractivity contribution < 1.29 is 14.6 Å². The van der Waals surface area contributed by atoms with Crippen molar-refractivity contribution in [3.8, 4) is 0 Å². The fraction of sp³-hybridized carbons (Fsp3) is 1.00. The Balaban J connectivity index is 1.98. The minimum atomic E-state index is -0.429. The van der Waals surface area contributed by atoms with Crippen molar-refractivity contribution in [1.82, 2.24) is 5.32 Å². The first-order valence-corrected chi connectivity index (χ1v) is 7.14. The van der Waals surface area contributed by atoms with E-state index < -0.39 is 6.10 Å². The second-order valence-electron chi connectivity index (χ2n) is 5.80. The van der Waals surface area contributed by atoms with E-state index in [0.29, 0.717) is 26.4 Å². The highest BCUT2D eigenvalue weighted by molar-refractivity contribution is 4.88. The Kier molecular flexibility index (Phi) is 7.15. The maximum Gasteiger partial charge on any atom is 0.0897 e. The zero-order valence-electron chi connectivity index (χ0n) is 12.1. The predicted molar refractivity (Wildman–Crippen MR) is 72.8 cm³/mol. The number of ether oxygens (including phenoxy) is 2. The largest absolute Gasteiger partial charge is 0.389 e. The smallest absolute Gasteiger partial charge is 0.0897 e. The highest BCUT2D eigenvalue weighted by Gasteiger charge is 2.28. The number of aliphatic hydroxyl groups excluding tert-OH is 1. The Labute approximate surface area is 111 Å². The molecule has 1 rings (SSSR count). The van der Waals surface area contributed by atoms with Gasteiger partial charge < -0.3 is 19.9 Å². The zero-order valence-corrected chi connectivity index (χ0v) is 12.1. The van der Waals surface area contributed by atoms with Crippen LogP contribution in [-0.2, 0) is 9.47 Å². The number of hydrogen-bond acceptors (Lipinski definition) is 4. The molecule has 1 aliphatic rings. The molecular formula is C14H29NO3. The topological polar surface area (TPSA) is 50.7 Å². The summed E-state index contributed by atoms with van der Waals surface area (Å²) in [5, 5.41) is 13.3. The quantitative estimate of drug-likeness (QED) is 0.619. The molecule has 1 aliphatic carbocycles. The first-order chi connectivity index (χ1) is 8.52. The van der Waals surface area contributed by atoms with Gasteiger partial charge in [-0.25, -0.2) is 0 Å². The summed E-state index contributed by atoms with van der Waals surface area (Å²) in [5.41, 5.74) is 0.224. The van der Waals surface area contributed by atoms with E-state index in [1.165, 1.54) is 25.7 Å². The van der Waals surface area contributed by atoms with Crippen LogP contribution in [0, 0.1) is 0 Å². The summed E-state index contributed by atoms with van der Waals surface area (Å²) >= 11 is 0. The third-order valence-electron chi connectivity index (χ3n) is 3.46. The van der Waals surface area contributed by atoms with Crippen molar-refractivity contribution in [1.29, 1.82) is 0 Å². The van der Waals surface area contributed by atoms with Crippen LogP contribution in [0.25, 0.3) is 0 Å². The van der Waals surface area contributed by atoms with Crippen molar-refractivity contribution in [3.05, 3.63) is 0 Å². The molecule has 1 unspecified atom stereocenters. The second-order valence-corrected chi connectivity index (χ2v) is 5.80. The summed E-state index contributed by atoms with van der Waals surface area (Å²) < 4.78 is 10.7. The lowest BCUT2D eigenvalue weighted by Gasteiger charge is -2.27. The maximum atomic E-state index is 9.80. The number of rotatable bonds is 9. The molecule has 4 nitrogen and oxygen atoms in total. The Morgan fingerprint density at radius 1 is 1.22 bits per heavy atom. The molecule has 0 heterocycles. The van der Waals surface area contributed by atoms with Gasteiger partial charge in [0.1, 0.15) is 0 Å². The van der Waals surface area contributed by atoms with E-state index in [0.717, 1.165) is 0 Å². The summed E-state index contributed by atoms with van der Waals surface area (Å²) in [6.45, 7) is 8.38. The third kappa shape index (κ3) is 6.69. The summed E-state index contributed by atoms with van der Waals surface area (Å²) in [6, 6.07) is 0. The van der Waals surface area contributed by atoms with E-state index in [-0.39, 0.29) is 11.6 Å². The standard InChI is InChI=1S/C14H29NO3/c1-12(2)18-9-8-17-11-13(16)10-15-14(3)6-4-5-7-14/h12-13,15-16H,4-11H2,1-3H3. The van der Waals surface area contributed by atoms with Crippen molar-refractivity contribution in [2.45, 2.75) is 64.2 Å². The highest BCUT2D eigenvalue weighted by Crippen LogP contribution is 2.28. The van der Waals surface area contributed by atoms with Gasteiger partial charge in [0, 0.05) is 12.1 Å². The van der Waals surface area contributed by atoms with Gasteiger partial charge in [-0.2, -0.15) is 0 Å². The molecule has 1 fully saturated rings. The molecule has 0 aliphatic heterocycles. The minimum Gasteiger partial charge on any atom is -0.389 e. The number of aliphatic hydroxyl groups is 1. The minimum absolute atomic E-state index is 0.224. The molecule has 2 N–H and O–H groups in total. The van der Waals surface area contributed by atoms with Gasteiger partial charge in [-0.3, -0.25) is 0 Å². The molecule has 0 bridgehead atoms. The van der Waals surface area contributed by atoms with Crippen molar-refractivity contribution in [2.75, 3.05) is 26.4 Å². The van der Waals surface area contributed by atoms with Gasteiger partial charge in [0.05, 0.1) is 32.0 Å². The fourth-order valence-corrected chi connectivity index (χ4v) is 2.32. The summed E-state index contributed by atoms with van der Waals surface area (Å²) in [7, 11) is 0. The van der Waals surface area contributed by atoms with Gasteiger partial charge in [-0.1, -0.05) is 12.8 Å². The highest BCUT2D eigenvalue weighted by atomic mass is 16.5. The average Bonchev–Trinajstić information content (AvgIpc) is 2.73. The first-order valence-electron chi connectivity index (χ1n) is 7.14. The summed E-state index contributed by atoms with van der Waals surface area (Å²) in [5.74, 6) is 0. The maximum absolute atomic E-state index is 9.80. The summed E-state index contributed by atoms with van der Waals surface area (Å²) in [4.78, 5) is 0. The van der Waals surface area contributed by atoms with Gasteiger partial charge >= 0.3 is 0 Å². The first kappa shape index (κ1) is 15.9. The lowest BCUT2D eigenvalue weighted by molar-refractivity contribution is -0.0114. The van der Waals surface area contributed by atoms with E-state index in [9.17, 15) is 5.11 Å². The Bertz CT molecular complexity index is 215. The molecular weight excluding hydrogens is 230 g/mol. The van der Waals surface area contributed by atoms with Gasteiger partial charge in [-0.15, -0.1) is 0 Å². The molecule has 18 heavy (non-hydrogen) atoms. The zero-order chi connectivity index (χ0) is 13.4. The van der Waals surface area contributed by atoms with E-state index in [2.05, 4.69) is 12.2 Å². The SMILES string of the molecule is CC(C)OCCOCC(O)CNC1(C)CCCC1. The van der Waals surface area contributed by atoms with Crippen LogP contribution in [-0.4, -0.2) is 49.2 Å². The molecule has 0 radical (unpaired) electrons. The van der Waals surface area contributed by atoms with Gasteiger partial charge in [-0.05, 0) is 33.6 Å². The van der Waals surface area contributed by atoms with Crippen molar-refractivity contribution in [2.24, 2.45) is 0 Å². The molecule has 1 saturated carbocycles. The Morgan fingerprint density at radius 2 is 1.89 bits per heavy atom. The third-order valence-corrected chi connectivity index (χ3v) is 3.46. The number of nitrogens with one attached hydrogen (secondary N) is 1. The van der Waals surface area contributed by atoms with Crippen LogP contribution >= 0.6 is 0 Å². The second kappa shape index (κ2) is 8.10. The van der Waals surface area contributed by atoms with Crippen LogP contribution in [0.5, 0.6) is 0 Å². The van der Waals surface area contributed by atoms with Gasteiger partial charge in [0.25, 0.3) is 0 Å². The lowest BCUT2D eigenvalue weighted by atomic mass is 10.0. The van der Waals surface area contributed by atoms with Crippen LogP contribution < -0.4 is 5.32 Å². The average molecular weight is 259 g/mol. The van der Waals surface area contributed by atoms with Crippen LogP contribution in [0.2, 0.25) is 0 Å². The molecule has 0 spiro atoms. The predicted octanol–water partition coefficient (Wildman–Crippen LogP) is 1.71. The molecule has 1 atom stereocenters. The number of β-amino-alcohol motifs (C(OH)–C–C–N with tert-alkyl or cyclic N) is 1. The molecule has 0 aromatic carbocycles. The lowest BCUT2D eigenvalue weighted by Crippen LogP contribution is -2.44. The van der Waals surface area contributed by atoms with Crippen LogP contribution in [0.15, 0.2) is 0 Å². The van der Waals surface area contributed by atoms with Crippen molar-refractivity contribution in [3.63, 3.8) is 0 Å². The van der Waals surface area contributed by atoms with E-state index >= 15 is 0 Å².